The van der Waals surface area contributed by atoms with E-state index in [0.717, 1.165) is 19.5 Å². The number of carbonyl (C=O) groups excluding carboxylic acids is 1. The van der Waals surface area contributed by atoms with Crippen molar-refractivity contribution in [2.24, 2.45) is 0 Å². The number of carbonyl (C=O) groups is 1. The Kier molecular flexibility index (Phi) is 6.55. The first-order chi connectivity index (χ1) is 12.8. The van der Waals surface area contributed by atoms with Crippen LogP contribution in [0.4, 0.5) is 0 Å². The molecule has 1 saturated heterocycles. The molecule has 0 radical (unpaired) electrons. The van der Waals surface area contributed by atoms with Crippen LogP contribution in [0.2, 0.25) is 0 Å². The molecule has 0 aliphatic carbocycles. The lowest BCUT2D eigenvalue weighted by atomic mass is 9.82. The highest BCUT2D eigenvalue weighted by Gasteiger charge is 2.33. The van der Waals surface area contributed by atoms with E-state index in [9.17, 15) is 10.1 Å². The average Bonchev–Trinajstić information content (AvgIpc) is 3.09. The lowest BCUT2D eigenvalue weighted by Crippen LogP contribution is -2.39. The van der Waals surface area contributed by atoms with Gasteiger partial charge in [-0.15, -0.1) is 0 Å². The lowest BCUT2D eigenvalue weighted by molar-refractivity contribution is -0.155. The topological polar surface area (TPSA) is 66.2 Å². The summed E-state index contributed by atoms with van der Waals surface area (Å²) in [6, 6.07) is 6.40. The van der Waals surface area contributed by atoms with Crippen LogP contribution in [0.15, 0.2) is 18.3 Å². The second-order valence-electron chi connectivity index (χ2n) is 10.1. The number of pyridine rings is 1. The number of ether oxygens (including phenoxy) is 1. The maximum Gasteiger partial charge on any atom is 0.306 e. The first kappa shape index (κ1) is 22.4. The molecule has 1 aromatic rings. The van der Waals surface area contributed by atoms with E-state index in [-0.39, 0.29) is 17.9 Å². The minimum absolute atomic E-state index is 0.184. The van der Waals surface area contributed by atoms with Gasteiger partial charge in [0, 0.05) is 24.7 Å². The monoisotopic (exact) mass is 385 g/mol. The fraction of sp³-hybridized carbons (Fsp3) is 0.696. The Morgan fingerprint density at radius 1 is 1.25 bits per heavy atom. The summed E-state index contributed by atoms with van der Waals surface area (Å²) in [7, 11) is 0. The number of nitriles is 1. The van der Waals surface area contributed by atoms with Crippen LogP contribution in [-0.4, -0.2) is 40.1 Å². The molecular weight excluding hydrogens is 350 g/mol. The smallest absolute Gasteiger partial charge is 0.306 e. The molecule has 2 rings (SSSR count). The number of rotatable bonds is 5. The van der Waals surface area contributed by atoms with Crippen molar-refractivity contribution in [1.82, 2.24) is 9.88 Å². The maximum absolute atomic E-state index is 12.0. The summed E-state index contributed by atoms with van der Waals surface area (Å²) < 4.78 is 5.36. The number of hydrogen-bond acceptors (Lipinski definition) is 5. The molecule has 0 bridgehead atoms. The van der Waals surface area contributed by atoms with Crippen LogP contribution in [0.3, 0.4) is 0 Å². The van der Waals surface area contributed by atoms with E-state index in [4.69, 9.17) is 4.74 Å². The van der Waals surface area contributed by atoms with Crippen LogP contribution < -0.4 is 0 Å². The normalized spacial score (nSPS) is 20.4. The van der Waals surface area contributed by atoms with E-state index >= 15 is 0 Å². The molecule has 0 spiro atoms. The van der Waals surface area contributed by atoms with Gasteiger partial charge in [0.15, 0.2) is 0 Å². The quantitative estimate of drug-likeness (QED) is 0.695. The summed E-state index contributed by atoms with van der Waals surface area (Å²) in [6.07, 6.45) is 3.64. The molecule has 1 aliphatic heterocycles. The number of aromatic nitrogens is 1. The zero-order chi connectivity index (χ0) is 21.2. The Balaban J connectivity index is 2.04. The van der Waals surface area contributed by atoms with Gasteiger partial charge in [0.25, 0.3) is 0 Å². The van der Waals surface area contributed by atoms with E-state index in [1.807, 2.05) is 40.0 Å². The number of esters is 1. The number of likely N-dealkylation sites (tertiary alicyclic amines) is 1. The molecule has 2 heterocycles. The maximum atomic E-state index is 12.0. The van der Waals surface area contributed by atoms with Crippen molar-refractivity contribution in [3.63, 3.8) is 0 Å². The average molecular weight is 386 g/mol. The summed E-state index contributed by atoms with van der Waals surface area (Å²) in [5, 5.41) is 9.74. The third-order valence-electron chi connectivity index (χ3n) is 5.46. The van der Waals surface area contributed by atoms with Crippen molar-refractivity contribution in [2.75, 3.05) is 13.1 Å². The Bertz CT molecular complexity index is 722. The van der Waals surface area contributed by atoms with Crippen molar-refractivity contribution in [1.29, 1.82) is 5.26 Å². The molecule has 2 atom stereocenters. The predicted octanol–water partition coefficient (Wildman–Crippen LogP) is 4.57. The minimum atomic E-state index is -0.803. The third kappa shape index (κ3) is 5.78. The zero-order valence-electron chi connectivity index (χ0n) is 18.5. The van der Waals surface area contributed by atoms with Crippen molar-refractivity contribution >= 4 is 5.97 Å². The van der Waals surface area contributed by atoms with E-state index in [2.05, 4.69) is 42.8 Å². The minimum Gasteiger partial charge on any atom is -0.460 e. The summed E-state index contributed by atoms with van der Waals surface area (Å²) in [5.41, 5.74) is 0.810. The van der Waals surface area contributed by atoms with Gasteiger partial charge >= 0.3 is 5.97 Å². The first-order valence-electron chi connectivity index (χ1n) is 10.2. The van der Waals surface area contributed by atoms with Gasteiger partial charge in [0.1, 0.15) is 5.60 Å². The second-order valence-corrected chi connectivity index (χ2v) is 10.1. The van der Waals surface area contributed by atoms with Gasteiger partial charge in [-0.25, -0.2) is 0 Å². The lowest BCUT2D eigenvalue weighted by Gasteiger charge is -2.31. The molecule has 0 saturated carbocycles. The summed E-state index contributed by atoms with van der Waals surface area (Å²) in [5.74, 6) is 0.203. The highest BCUT2D eigenvalue weighted by Crippen LogP contribution is 2.33. The Labute approximate surface area is 170 Å². The third-order valence-corrected chi connectivity index (χ3v) is 5.46. The SMILES string of the molecule is CC(C)(C)OC(=O)CCC(C)(C#N)c1ccc(C2CCN(C(C)(C)C)C2)cn1. The van der Waals surface area contributed by atoms with Crippen LogP contribution in [0.5, 0.6) is 0 Å². The van der Waals surface area contributed by atoms with Crippen molar-refractivity contribution < 1.29 is 9.53 Å². The molecule has 5 heteroatoms. The van der Waals surface area contributed by atoms with Crippen molar-refractivity contribution in [2.45, 2.75) is 90.2 Å². The predicted molar refractivity (Wildman–Crippen MR) is 111 cm³/mol. The van der Waals surface area contributed by atoms with Gasteiger partial charge in [0.05, 0.1) is 17.2 Å². The van der Waals surface area contributed by atoms with Crippen LogP contribution >= 0.6 is 0 Å². The number of hydrogen-bond donors (Lipinski definition) is 0. The Hall–Kier alpha value is -1.93. The molecule has 28 heavy (non-hydrogen) atoms. The van der Waals surface area contributed by atoms with Crippen LogP contribution in [0.25, 0.3) is 0 Å². The van der Waals surface area contributed by atoms with Crippen LogP contribution in [-0.2, 0) is 14.9 Å². The molecule has 0 aromatic carbocycles. The largest absolute Gasteiger partial charge is 0.460 e. The molecule has 154 valence electrons. The van der Waals surface area contributed by atoms with Crippen LogP contribution in [0.1, 0.15) is 84.9 Å². The summed E-state index contributed by atoms with van der Waals surface area (Å²) >= 11 is 0. The van der Waals surface area contributed by atoms with Gasteiger partial charge in [-0.1, -0.05) is 6.07 Å². The molecular formula is C23H35N3O2. The fourth-order valence-electron chi connectivity index (χ4n) is 3.60. The molecule has 1 aliphatic rings. The van der Waals surface area contributed by atoms with E-state index in [0.29, 0.717) is 18.0 Å². The van der Waals surface area contributed by atoms with E-state index < -0.39 is 11.0 Å². The van der Waals surface area contributed by atoms with Gasteiger partial charge < -0.3 is 4.74 Å². The standard InChI is InChI=1S/C23H35N3O2/c1-21(2,3)26-13-11-18(15-26)17-8-9-19(25-14-17)23(7,16-24)12-10-20(27)28-22(4,5)6/h8-9,14,18H,10-13,15H2,1-7H3. The summed E-state index contributed by atoms with van der Waals surface area (Å²) in [4.78, 5) is 19.2. The molecule has 1 fully saturated rings. The molecule has 5 nitrogen and oxygen atoms in total. The van der Waals surface area contributed by atoms with Gasteiger partial charge in [0.2, 0.25) is 0 Å². The second kappa shape index (κ2) is 8.21. The van der Waals surface area contributed by atoms with Gasteiger partial charge in [-0.2, -0.15) is 5.26 Å². The molecule has 1 aromatic heterocycles. The van der Waals surface area contributed by atoms with E-state index in [1.165, 1.54) is 5.56 Å². The highest BCUT2D eigenvalue weighted by atomic mass is 16.6. The Morgan fingerprint density at radius 2 is 1.93 bits per heavy atom. The van der Waals surface area contributed by atoms with Gasteiger partial charge in [-0.3, -0.25) is 14.7 Å². The highest BCUT2D eigenvalue weighted by molar-refractivity contribution is 5.70. The Morgan fingerprint density at radius 3 is 2.39 bits per heavy atom. The number of nitrogens with zero attached hydrogens (tertiary/aromatic N) is 3. The summed E-state index contributed by atoms with van der Waals surface area (Å²) in [6.45, 7) is 16.3. The van der Waals surface area contributed by atoms with E-state index in [1.54, 1.807) is 0 Å². The fourth-order valence-corrected chi connectivity index (χ4v) is 3.60. The van der Waals surface area contributed by atoms with Gasteiger partial charge in [-0.05, 0) is 85.4 Å². The van der Waals surface area contributed by atoms with Crippen LogP contribution in [0, 0.1) is 11.3 Å². The molecule has 0 N–H and O–H groups in total. The molecule has 2 unspecified atom stereocenters. The zero-order valence-corrected chi connectivity index (χ0v) is 18.5. The molecule has 0 amide bonds. The van der Waals surface area contributed by atoms with Crippen molar-refractivity contribution in [3.05, 3.63) is 29.6 Å². The first-order valence-corrected chi connectivity index (χ1v) is 10.2. The van der Waals surface area contributed by atoms with Crippen molar-refractivity contribution in [3.8, 4) is 6.07 Å².